The van der Waals surface area contributed by atoms with Crippen molar-refractivity contribution in [3.05, 3.63) is 77.8 Å². The number of nitrogens with zero attached hydrogens (tertiary/aromatic N) is 7. The van der Waals surface area contributed by atoms with E-state index in [9.17, 15) is 4.39 Å². The van der Waals surface area contributed by atoms with Crippen LogP contribution in [0.3, 0.4) is 0 Å². The van der Waals surface area contributed by atoms with Crippen molar-refractivity contribution in [1.29, 1.82) is 0 Å². The summed E-state index contributed by atoms with van der Waals surface area (Å²) in [6.45, 7) is 2.19. The van der Waals surface area contributed by atoms with Crippen LogP contribution < -0.4 is 15.6 Å². The van der Waals surface area contributed by atoms with Gasteiger partial charge < -0.3 is 15.0 Å². The molecule has 0 aliphatic carbocycles. The van der Waals surface area contributed by atoms with Gasteiger partial charge in [-0.25, -0.2) is 24.8 Å². The minimum absolute atomic E-state index is 0.188. The Bertz CT molecular complexity index is 1350. The molecule has 1 aliphatic rings. The molecule has 12 heteroatoms. The number of hydrogen-bond donors (Lipinski definition) is 2. The Morgan fingerprint density at radius 1 is 1.03 bits per heavy atom. The van der Waals surface area contributed by atoms with Gasteiger partial charge in [0.15, 0.2) is 11.6 Å². The van der Waals surface area contributed by atoms with Crippen molar-refractivity contribution in [2.75, 3.05) is 41.9 Å². The lowest BCUT2D eigenvalue weighted by molar-refractivity contribution is 0.122. The van der Waals surface area contributed by atoms with Crippen LogP contribution in [0.1, 0.15) is 5.69 Å². The molecular weight excluding hydrogens is 485 g/mol. The summed E-state index contributed by atoms with van der Waals surface area (Å²) in [7, 11) is 0. The average Bonchev–Trinajstić information content (AvgIpc) is 2.91. The highest BCUT2D eigenvalue weighted by molar-refractivity contribution is 6.31. The molecule has 0 spiro atoms. The predicted molar refractivity (Wildman–Crippen MR) is 136 cm³/mol. The number of pyridine rings is 1. The lowest BCUT2D eigenvalue weighted by Gasteiger charge is -2.27. The molecule has 1 saturated heterocycles. The third-order valence-electron chi connectivity index (χ3n) is 5.25. The first-order chi connectivity index (χ1) is 17.6. The summed E-state index contributed by atoms with van der Waals surface area (Å²) in [5.74, 6) is -0.0728. The number of benzene rings is 1. The van der Waals surface area contributed by atoms with Gasteiger partial charge in [0.05, 0.1) is 48.9 Å². The van der Waals surface area contributed by atoms with Gasteiger partial charge >= 0.3 is 0 Å². The van der Waals surface area contributed by atoms with Gasteiger partial charge in [-0.2, -0.15) is 10.1 Å². The lowest BCUT2D eigenvalue weighted by atomic mass is 10.1. The summed E-state index contributed by atoms with van der Waals surface area (Å²) >= 11 is 6.30. The minimum Gasteiger partial charge on any atom is -0.378 e. The standard InChI is InChI=1S/C24H21ClFN9O/c25-17-9-16(22-3-4-27-15-30-22)10-20(11-17)32-19-2-1-18(28-12-19)13-31-34-24-29-14-21(26)23(33-24)35-5-7-36-8-6-35/h1-4,9-15,32H,5-8H2,(H,29,33,34)/b31-13+. The van der Waals surface area contributed by atoms with Crippen molar-refractivity contribution in [3.8, 4) is 11.3 Å². The van der Waals surface area contributed by atoms with E-state index in [4.69, 9.17) is 16.3 Å². The summed E-state index contributed by atoms with van der Waals surface area (Å²) in [5, 5.41) is 7.99. The van der Waals surface area contributed by atoms with Gasteiger partial charge in [-0.3, -0.25) is 4.98 Å². The Morgan fingerprint density at radius 2 is 1.92 bits per heavy atom. The molecule has 36 heavy (non-hydrogen) atoms. The number of nitrogens with one attached hydrogen (secondary N) is 2. The van der Waals surface area contributed by atoms with Crippen molar-refractivity contribution in [2.24, 2.45) is 5.10 Å². The van der Waals surface area contributed by atoms with Crippen molar-refractivity contribution in [1.82, 2.24) is 24.9 Å². The summed E-state index contributed by atoms with van der Waals surface area (Å²) < 4.78 is 19.5. The molecule has 4 aromatic rings. The summed E-state index contributed by atoms with van der Waals surface area (Å²) in [4.78, 5) is 22.6. The van der Waals surface area contributed by atoms with E-state index in [1.807, 2.05) is 35.2 Å². The zero-order chi connectivity index (χ0) is 24.7. The molecule has 0 atom stereocenters. The van der Waals surface area contributed by atoms with E-state index >= 15 is 0 Å². The lowest BCUT2D eigenvalue weighted by Crippen LogP contribution is -2.37. The van der Waals surface area contributed by atoms with Gasteiger partial charge in [-0.15, -0.1) is 0 Å². The van der Waals surface area contributed by atoms with Crippen LogP contribution in [0.5, 0.6) is 0 Å². The second-order valence-electron chi connectivity index (χ2n) is 7.75. The van der Waals surface area contributed by atoms with E-state index in [1.54, 1.807) is 18.5 Å². The van der Waals surface area contributed by atoms with Crippen LogP contribution in [0, 0.1) is 5.82 Å². The highest BCUT2D eigenvalue weighted by atomic mass is 35.5. The topological polar surface area (TPSA) is 113 Å². The number of ether oxygens (including phenoxy) is 1. The fourth-order valence-electron chi connectivity index (χ4n) is 3.56. The Balaban J connectivity index is 1.22. The Morgan fingerprint density at radius 3 is 2.69 bits per heavy atom. The molecule has 0 amide bonds. The Kier molecular flexibility index (Phi) is 7.20. The third kappa shape index (κ3) is 5.88. The molecule has 4 heterocycles. The fraction of sp³-hybridized carbons (Fsp3) is 0.167. The molecule has 1 fully saturated rings. The van der Waals surface area contributed by atoms with Crippen molar-refractivity contribution >= 4 is 41.0 Å². The first-order valence-electron chi connectivity index (χ1n) is 11.1. The van der Waals surface area contributed by atoms with Crippen LogP contribution in [-0.2, 0) is 4.74 Å². The number of aromatic nitrogens is 5. The van der Waals surface area contributed by atoms with Gasteiger partial charge in [0.1, 0.15) is 6.33 Å². The zero-order valence-corrected chi connectivity index (χ0v) is 19.7. The second-order valence-corrected chi connectivity index (χ2v) is 8.19. The van der Waals surface area contributed by atoms with Crippen molar-refractivity contribution in [2.45, 2.75) is 0 Å². The van der Waals surface area contributed by atoms with Gasteiger partial charge in [0, 0.05) is 35.6 Å². The Hall–Kier alpha value is -4.22. The van der Waals surface area contributed by atoms with E-state index in [0.717, 1.165) is 28.8 Å². The predicted octanol–water partition coefficient (Wildman–Crippen LogP) is 4.15. The van der Waals surface area contributed by atoms with E-state index in [0.29, 0.717) is 37.0 Å². The maximum absolute atomic E-state index is 14.2. The van der Waals surface area contributed by atoms with Crippen LogP contribution in [-0.4, -0.2) is 57.4 Å². The molecule has 3 aromatic heterocycles. The molecule has 1 aliphatic heterocycles. The van der Waals surface area contributed by atoms with E-state index in [2.05, 4.69) is 40.8 Å². The SMILES string of the molecule is Fc1cnc(N/N=C/c2ccc(Nc3cc(Cl)cc(-c4ccncn4)c3)cn2)nc1N1CCOCC1. The van der Waals surface area contributed by atoms with Gasteiger partial charge in [0.25, 0.3) is 0 Å². The molecule has 182 valence electrons. The van der Waals surface area contributed by atoms with Crippen LogP contribution in [0.2, 0.25) is 5.02 Å². The van der Waals surface area contributed by atoms with Gasteiger partial charge in [-0.1, -0.05) is 11.6 Å². The second kappa shape index (κ2) is 11.0. The van der Waals surface area contributed by atoms with Crippen molar-refractivity contribution < 1.29 is 9.13 Å². The number of hydrazone groups is 1. The minimum atomic E-state index is -0.486. The van der Waals surface area contributed by atoms with Crippen LogP contribution in [0.25, 0.3) is 11.3 Å². The largest absolute Gasteiger partial charge is 0.378 e. The maximum Gasteiger partial charge on any atom is 0.245 e. The summed E-state index contributed by atoms with van der Waals surface area (Å²) in [6.07, 6.45) is 7.50. The molecule has 10 nitrogen and oxygen atoms in total. The van der Waals surface area contributed by atoms with Gasteiger partial charge in [0.2, 0.25) is 5.95 Å². The molecular formula is C24H21ClFN9O. The third-order valence-corrected chi connectivity index (χ3v) is 5.47. The molecule has 0 unspecified atom stereocenters. The fourth-order valence-corrected chi connectivity index (χ4v) is 3.79. The number of halogens is 2. The monoisotopic (exact) mass is 505 g/mol. The molecule has 1 aromatic carbocycles. The van der Waals surface area contributed by atoms with Crippen LogP contribution in [0.15, 0.2) is 66.4 Å². The summed E-state index contributed by atoms with van der Waals surface area (Å²) in [6, 6.07) is 11.1. The van der Waals surface area contributed by atoms with Crippen LogP contribution in [0.4, 0.5) is 27.5 Å². The van der Waals surface area contributed by atoms with E-state index < -0.39 is 5.82 Å². The van der Waals surface area contributed by atoms with E-state index in [-0.39, 0.29) is 11.8 Å². The Labute approximate surface area is 211 Å². The molecule has 5 rings (SSSR count). The maximum atomic E-state index is 14.2. The first kappa shape index (κ1) is 23.5. The van der Waals surface area contributed by atoms with Crippen molar-refractivity contribution in [3.63, 3.8) is 0 Å². The molecule has 0 radical (unpaired) electrons. The first-order valence-corrected chi connectivity index (χ1v) is 11.5. The molecule has 2 N–H and O–H groups in total. The molecule has 0 bridgehead atoms. The van der Waals surface area contributed by atoms with E-state index in [1.165, 1.54) is 12.5 Å². The van der Waals surface area contributed by atoms with Gasteiger partial charge in [-0.05, 0) is 36.4 Å². The molecule has 0 saturated carbocycles. The highest BCUT2D eigenvalue weighted by Gasteiger charge is 2.17. The average molecular weight is 506 g/mol. The highest BCUT2D eigenvalue weighted by Crippen LogP contribution is 2.27. The zero-order valence-electron chi connectivity index (χ0n) is 19.0. The summed E-state index contributed by atoms with van der Waals surface area (Å²) in [5.41, 5.74) is 6.54. The normalized spacial score (nSPS) is 13.7. The number of hydrogen-bond acceptors (Lipinski definition) is 10. The number of morpholine rings is 1. The van der Waals surface area contributed by atoms with Crippen LogP contribution >= 0.6 is 11.6 Å². The number of rotatable bonds is 7. The quantitative estimate of drug-likeness (QED) is 0.282. The smallest absolute Gasteiger partial charge is 0.245 e. The number of anilines is 4.